The van der Waals surface area contributed by atoms with E-state index in [4.69, 9.17) is 9.47 Å². The number of aryl methyl sites for hydroxylation is 1. The minimum absolute atomic E-state index is 0.0680. The maximum Gasteiger partial charge on any atom is 0.244 e. The van der Waals surface area contributed by atoms with Gasteiger partial charge in [0.15, 0.2) is 0 Å². The van der Waals surface area contributed by atoms with Crippen LogP contribution in [0.15, 0.2) is 71.7 Å². The number of carbonyl (C=O) groups is 2. The summed E-state index contributed by atoms with van der Waals surface area (Å²) < 4.78 is 12.2. The average molecular weight is 472 g/mol. The number of amides is 1. The molecule has 0 saturated carbocycles. The smallest absolute Gasteiger partial charge is 0.244 e. The van der Waals surface area contributed by atoms with Crippen molar-refractivity contribution in [3.8, 4) is 11.5 Å². The topological polar surface area (TPSA) is 99.5 Å². The molecule has 178 valence electrons. The first-order valence-electron chi connectivity index (χ1n) is 11.1. The van der Waals surface area contributed by atoms with Crippen LogP contribution in [-0.2, 0) is 11.3 Å². The molecule has 0 aliphatic heterocycles. The molecule has 0 spiro atoms. The lowest BCUT2D eigenvalue weighted by molar-refractivity contribution is -0.116. The second kappa shape index (κ2) is 10.2. The number of hydrogen-bond donors (Lipinski definition) is 1. The number of ether oxygens (including phenoxy) is 2. The molecule has 8 heteroatoms. The van der Waals surface area contributed by atoms with Gasteiger partial charge in [-0.15, -0.1) is 0 Å². The largest absolute Gasteiger partial charge is 0.496 e. The van der Waals surface area contributed by atoms with Gasteiger partial charge in [0.25, 0.3) is 0 Å². The molecule has 4 aromatic rings. The van der Waals surface area contributed by atoms with Crippen molar-refractivity contribution in [1.82, 2.24) is 9.55 Å². The third kappa shape index (κ3) is 5.06. The Morgan fingerprint density at radius 2 is 1.74 bits per heavy atom. The van der Waals surface area contributed by atoms with Gasteiger partial charge in [-0.25, -0.2) is 4.98 Å². The van der Waals surface area contributed by atoms with Gasteiger partial charge in [0.2, 0.25) is 17.1 Å². The first-order chi connectivity index (χ1) is 16.9. The van der Waals surface area contributed by atoms with Crippen molar-refractivity contribution in [2.45, 2.75) is 20.4 Å². The van der Waals surface area contributed by atoms with Gasteiger partial charge in [0.05, 0.1) is 30.2 Å². The summed E-state index contributed by atoms with van der Waals surface area (Å²) in [5.74, 6) is 0.239. The SMILES string of the molecule is CCOc1ccc(NC(=O)Cn2cc(C(=O)c3ccccc3OC)c(=O)c3ccc(C)nc32)cc1. The third-order valence-corrected chi connectivity index (χ3v) is 5.42. The van der Waals surface area contributed by atoms with Crippen molar-refractivity contribution in [2.24, 2.45) is 0 Å². The van der Waals surface area contributed by atoms with Crippen LogP contribution in [0.4, 0.5) is 5.69 Å². The second-order valence-electron chi connectivity index (χ2n) is 7.86. The molecule has 0 fully saturated rings. The number of para-hydroxylation sites is 1. The van der Waals surface area contributed by atoms with Gasteiger partial charge < -0.3 is 19.4 Å². The fourth-order valence-electron chi connectivity index (χ4n) is 3.78. The Kier molecular flexibility index (Phi) is 6.91. The third-order valence-electron chi connectivity index (χ3n) is 5.42. The lowest BCUT2D eigenvalue weighted by atomic mass is 10.0. The lowest BCUT2D eigenvalue weighted by Gasteiger charge is -2.14. The Bertz CT molecular complexity index is 1460. The highest BCUT2D eigenvalue weighted by Gasteiger charge is 2.21. The van der Waals surface area contributed by atoms with Crippen LogP contribution in [0, 0.1) is 6.92 Å². The van der Waals surface area contributed by atoms with Gasteiger partial charge >= 0.3 is 0 Å². The van der Waals surface area contributed by atoms with Crippen molar-refractivity contribution in [1.29, 1.82) is 0 Å². The summed E-state index contributed by atoms with van der Waals surface area (Å²) in [7, 11) is 1.46. The first-order valence-corrected chi connectivity index (χ1v) is 11.1. The molecule has 0 aliphatic carbocycles. The summed E-state index contributed by atoms with van der Waals surface area (Å²) in [5.41, 5.74) is 1.35. The molecule has 8 nitrogen and oxygen atoms in total. The number of nitrogens with one attached hydrogen (secondary N) is 1. The van der Waals surface area contributed by atoms with Crippen molar-refractivity contribution < 1.29 is 19.1 Å². The number of benzene rings is 2. The van der Waals surface area contributed by atoms with E-state index in [1.807, 2.05) is 6.92 Å². The van der Waals surface area contributed by atoms with E-state index in [0.717, 1.165) is 0 Å². The van der Waals surface area contributed by atoms with Crippen LogP contribution in [0.5, 0.6) is 11.5 Å². The highest BCUT2D eigenvalue weighted by molar-refractivity contribution is 6.11. The molecular formula is C27H25N3O5. The van der Waals surface area contributed by atoms with Crippen LogP contribution in [0.25, 0.3) is 11.0 Å². The maximum atomic E-state index is 13.3. The lowest BCUT2D eigenvalue weighted by Crippen LogP contribution is -2.25. The van der Waals surface area contributed by atoms with Crippen molar-refractivity contribution in [3.63, 3.8) is 0 Å². The van der Waals surface area contributed by atoms with E-state index >= 15 is 0 Å². The van der Waals surface area contributed by atoms with Crippen LogP contribution in [-0.4, -0.2) is 35.0 Å². The minimum atomic E-state index is -0.490. The van der Waals surface area contributed by atoms with E-state index in [-0.39, 0.29) is 29.0 Å². The van der Waals surface area contributed by atoms with E-state index in [1.54, 1.807) is 67.6 Å². The zero-order valence-corrected chi connectivity index (χ0v) is 19.7. The van der Waals surface area contributed by atoms with Crippen LogP contribution in [0.1, 0.15) is 28.5 Å². The normalized spacial score (nSPS) is 10.7. The Labute approximate surface area is 202 Å². The van der Waals surface area contributed by atoms with E-state index < -0.39 is 11.2 Å². The maximum absolute atomic E-state index is 13.3. The van der Waals surface area contributed by atoms with Gasteiger partial charge in [-0.3, -0.25) is 14.4 Å². The van der Waals surface area contributed by atoms with Crippen LogP contribution >= 0.6 is 0 Å². The van der Waals surface area contributed by atoms with Crippen LogP contribution in [0.3, 0.4) is 0 Å². The molecular weight excluding hydrogens is 446 g/mol. The second-order valence-corrected chi connectivity index (χ2v) is 7.86. The Morgan fingerprint density at radius 1 is 1.00 bits per heavy atom. The number of carbonyl (C=O) groups excluding carboxylic acids is 2. The van der Waals surface area contributed by atoms with Crippen LogP contribution in [0.2, 0.25) is 0 Å². The quantitative estimate of drug-likeness (QED) is 0.390. The van der Waals surface area contributed by atoms with E-state index in [9.17, 15) is 14.4 Å². The monoisotopic (exact) mass is 471 g/mol. The Balaban J connectivity index is 1.72. The highest BCUT2D eigenvalue weighted by Crippen LogP contribution is 2.22. The number of anilines is 1. The summed E-state index contributed by atoms with van der Waals surface area (Å²) in [6.07, 6.45) is 1.39. The Hall–Kier alpha value is -4.46. The van der Waals surface area contributed by atoms with Gasteiger partial charge in [-0.05, 0) is 62.4 Å². The van der Waals surface area contributed by atoms with Gasteiger partial charge in [0.1, 0.15) is 23.7 Å². The van der Waals surface area contributed by atoms with E-state index in [2.05, 4.69) is 10.3 Å². The molecule has 0 saturated heterocycles. The van der Waals surface area contributed by atoms with E-state index in [1.165, 1.54) is 17.9 Å². The number of nitrogens with zero attached hydrogens (tertiary/aromatic N) is 2. The molecule has 0 bridgehead atoms. The van der Waals surface area contributed by atoms with Crippen molar-refractivity contribution in [2.75, 3.05) is 19.0 Å². The van der Waals surface area contributed by atoms with Gasteiger partial charge in [-0.1, -0.05) is 12.1 Å². The molecule has 1 amide bonds. The molecule has 2 heterocycles. The molecule has 35 heavy (non-hydrogen) atoms. The number of pyridine rings is 2. The fourth-order valence-corrected chi connectivity index (χ4v) is 3.78. The van der Waals surface area contributed by atoms with E-state index in [0.29, 0.717) is 35.1 Å². The number of ketones is 1. The molecule has 0 radical (unpaired) electrons. The zero-order valence-electron chi connectivity index (χ0n) is 19.7. The summed E-state index contributed by atoms with van der Waals surface area (Å²) in [4.78, 5) is 43.9. The zero-order chi connectivity index (χ0) is 24.9. The number of aromatic nitrogens is 2. The van der Waals surface area contributed by atoms with Gasteiger partial charge in [-0.2, -0.15) is 0 Å². The number of fused-ring (bicyclic) bond motifs is 1. The molecule has 1 N–H and O–H groups in total. The highest BCUT2D eigenvalue weighted by atomic mass is 16.5. The fraction of sp³-hybridized carbons (Fsp3) is 0.185. The predicted molar refractivity (Wildman–Crippen MR) is 133 cm³/mol. The molecule has 0 unspecified atom stereocenters. The molecule has 2 aromatic carbocycles. The average Bonchev–Trinajstić information content (AvgIpc) is 2.86. The molecule has 0 aliphatic rings. The minimum Gasteiger partial charge on any atom is -0.496 e. The van der Waals surface area contributed by atoms with Crippen molar-refractivity contribution >= 4 is 28.4 Å². The van der Waals surface area contributed by atoms with Gasteiger partial charge in [0, 0.05) is 17.6 Å². The summed E-state index contributed by atoms with van der Waals surface area (Å²) in [6.45, 7) is 4.09. The summed E-state index contributed by atoms with van der Waals surface area (Å²) >= 11 is 0. The number of hydrogen-bond acceptors (Lipinski definition) is 6. The number of rotatable bonds is 8. The van der Waals surface area contributed by atoms with Crippen LogP contribution < -0.4 is 20.2 Å². The van der Waals surface area contributed by atoms with Crippen molar-refractivity contribution in [3.05, 3.63) is 93.9 Å². The summed E-state index contributed by atoms with van der Waals surface area (Å²) in [5, 5.41) is 3.08. The molecule has 0 atom stereocenters. The standard InChI is InChI=1S/C27H25N3O5/c1-4-35-19-12-10-18(11-13-19)29-24(31)16-30-15-22(25(32)20-7-5-6-8-23(20)34-3)26(33)21-14-9-17(2)28-27(21)30/h5-15H,4,16H2,1-3H3,(H,29,31). The summed E-state index contributed by atoms with van der Waals surface area (Å²) in [6, 6.07) is 17.0. The predicted octanol–water partition coefficient (Wildman–Crippen LogP) is 3.98. The molecule has 4 rings (SSSR count). The first kappa shape index (κ1) is 23.7. The molecule has 2 aromatic heterocycles. The number of methoxy groups -OCH3 is 1. The Morgan fingerprint density at radius 3 is 2.46 bits per heavy atom.